The molecule has 0 bridgehead atoms. The van der Waals surface area contributed by atoms with Gasteiger partial charge in [-0.2, -0.15) is 23.5 Å². The Hall–Kier alpha value is -1.41. The average molecular weight is 327 g/mol. The number of nitro benzene ring substituents is 1. The van der Waals surface area contributed by atoms with E-state index in [1.54, 1.807) is 13.1 Å². The Kier molecular flexibility index (Phi) is 5.75. The fourth-order valence-corrected chi connectivity index (χ4v) is 4.62. The van der Waals surface area contributed by atoms with Gasteiger partial charge in [-0.25, -0.2) is 0 Å². The highest BCUT2D eigenvalue weighted by atomic mass is 32.2. The lowest BCUT2D eigenvalue weighted by atomic mass is 10.1. The number of nitrogens with zero attached hydrogens (tertiary/aromatic N) is 1. The van der Waals surface area contributed by atoms with E-state index < -0.39 is 4.92 Å². The monoisotopic (exact) mass is 327 g/mol. The average Bonchev–Trinajstić information content (AvgIpc) is 2.52. The van der Waals surface area contributed by atoms with Gasteiger partial charge in [0, 0.05) is 53.9 Å². The topological polar surface area (TPSA) is 84.3 Å². The van der Waals surface area contributed by atoms with E-state index in [1.165, 1.54) is 12.1 Å². The second-order valence-corrected chi connectivity index (χ2v) is 7.07. The highest BCUT2D eigenvalue weighted by molar-refractivity contribution is 8.06. The van der Waals surface area contributed by atoms with E-state index in [9.17, 15) is 14.9 Å². The lowest BCUT2D eigenvalue weighted by Gasteiger charge is -2.21. The van der Waals surface area contributed by atoms with Crippen molar-refractivity contribution in [2.45, 2.75) is 5.25 Å². The lowest BCUT2D eigenvalue weighted by Crippen LogP contribution is -2.33. The van der Waals surface area contributed by atoms with E-state index in [1.807, 2.05) is 23.5 Å². The summed E-state index contributed by atoms with van der Waals surface area (Å²) in [4.78, 5) is 22.6. The molecule has 2 N–H and O–H groups in total. The molecule has 0 aliphatic carbocycles. The zero-order valence-electron chi connectivity index (χ0n) is 11.6. The van der Waals surface area contributed by atoms with Crippen molar-refractivity contribution in [3.8, 4) is 0 Å². The van der Waals surface area contributed by atoms with E-state index in [4.69, 9.17) is 0 Å². The van der Waals surface area contributed by atoms with E-state index >= 15 is 0 Å². The quantitative estimate of drug-likeness (QED) is 0.637. The summed E-state index contributed by atoms with van der Waals surface area (Å²) in [5, 5.41) is 17.0. The van der Waals surface area contributed by atoms with Gasteiger partial charge in [-0.15, -0.1) is 0 Å². The summed E-state index contributed by atoms with van der Waals surface area (Å²) in [7, 11) is 1.69. The van der Waals surface area contributed by atoms with Crippen LogP contribution in [0.25, 0.3) is 0 Å². The molecule has 0 aromatic heterocycles. The van der Waals surface area contributed by atoms with Gasteiger partial charge in [-0.1, -0.05) is 0 Å². The van der Waals surface area contributed by atoms with Crippen LogP contribution in [0.5, 0.6) is 0 Å². The first kappa shape index (κ1) is 16.0. The summed E-state index contributed by atoms with van der Waals surface area (Å²) in [5.74, 6) is 3.01. The standard InChI is InChI=1S/C13H17N3O3S2/c1-14-12-3-2-9(16(18)19)6-11(12)13(17)15-7-10-8-20-4-5-21-10/h2-3,6,10,14H,4-5,7-8H2,1H3,(H,15,17). The van der Waals surface area contributed by atoms with Crippen molar-refractivity contribution in [2.75, 3.05) is 36.2 Å². The number of nitro groups is 1. The van der Waals surface area contributed by atoms with E-state index in [0.29, 0.717) is 23.0 Å². The van der Waals surface area contributed by atoms with Crippen molar-refractivity contribution in [3.63, 3.8) is 0 Å². The number of hydrogen-bond acceptors (Lipinski definition) is 6. The highest BCUT2D eigenvalue weighted by Gasteiger charge is 2.19. The second kappa shape index (κ2) is 7.56. The van der Waals surface area contributed by atoms with Crippen LogP contribution in [0.1, 0.15) is 10.4 Å². The summed E-state index contributed by atoms with van der Waals surface area (Å²) in [6, 6.07) is 4.25. The number of carbonyl (C=O) groups is 1. The number of benzene rings is 1. The van der Waals surface area contributed by atoms with Gasteiger partial charge in [0.15, 0.2) is 0 Å². The molecule has 0 spiro atoms. The Morgan fingerprint density at radius 3 is 2.90 bits per heavy atom. The number of amides is 1. The van der Waals surface area contributed by atoms with E-state index in [2.05, 4.69) is 10.6 Å². The van der Waals surface area contributed by atoms with E-state index in [0.717, 1.165) is 17.3 Å². The molecule has 114 valence electrons. The van der Waals surface area contributed by atoms with Crippen molar-refractivity contribution in [1.82, 2.24) is 5.32 Å². The Morgan fingerprint density at radius 2 is 2.29 bits per heavy atom. The normalized spacial score (nSPS) is 18.0. The molecule has 1 unspecified atom stereocenters. The molecule has 8 heteroatoms. The van der Waals surface area contributed by atoms with Gasteiger partial charge < -0.3 is 10.6 Å². The molecule has 1 atom stereocenters. The first-order valence-corrected chi connectivity index (χ1v) is 8.76. The zero-order chi connectivity index (χ0) is 15.2. The van der Waals surface area contributed by atoms with Gasteiger partial charge in [0.25, 0.3) is 11.6 Å². The van der Waals surface area contributed by atoms with Crippen LogP contribution in [0.15, 0.2) is 18.2 Å². The van der Waals surface area contributed by atoms with Gasteiger partial charge >= 0.3 is 0 Å². The summed E-state index contributed by atoms with van der Waals surface area (Å²) < 4.78 is 0. The van der Waals surface area contributed by atoms with Crippen molar-refractivity contribution in [3.05, 3.63) is 33.9 Å². The van der Waals surface area contributed by atoms with E-state index in [-0.39, 0.29) is 11.6 Å². The van der Waals surface area contributed by atoms with Crippen LogP contribution in [0.2, 0.25) is 0 Å². The minimum absolute atomic E-state index is 0.0817. The Balaban J connectivity index is 2.06. The molecule has 0 radical (unpaired) electrons. The van der Waals surface area contributed by atoms with Crippen molar-refractivity contribution in [2.24, 2.45) is 0 Å². The maximum Gasteiger partial charge on any atom is 0.270 e. The summed E-state index contributed by atoms with van der Waals surface area (Å²) in [5.41, 5.74) is 0.811. The molecule has 0 saturated carbocycles. The lowest BCUT2D eigenvalue weighted by molar-refractivity contribution is -0.384. The third-order valence-corrected chi connectivity index (χ3v) is 5.95. The van der Waals surface area contributed by atoms with Crippen LogP contribution in [-0.2, 0) is 0 Å². The summed E-state index contributed by atoms with van der Waals surface area (Å²) >= 11 is 3.75. The van der Waals surface area contributed by atoms with Crippen LogP contribution >= 0.6 is 23.5 Å². The minimum atomic E-state index is -0.496. The van der Waals surface area contributed by atoms with Gasteiger partial charge in [0.05, 0.1) is 10.5 Å². The number of rotatable bonds is 5. The first-order chi connectivity index (χ1) is 10.1. The Bertz CT molecular complexity index is 533. The van der Waals surface area contributed by atoms with Crippen molar-refractivity contribution < 1.29 is 9.72 Å². The van der Waals surface area contributed by atoms with Gasteiger partial charge in [0.1, 0.15) is 0 Å². The maximum atomic E-state index is 12.3. The van der Waals surface area contributed by atoms with Crippen LogP contribution < -0.4 is 10.6 Å². The summed E-state index contributed by atoms with van der Waals surface area (Å²) in [6.45, 7) is 0.586. The summed E-state index contributed by atoms with van der Waals surface area (Å²) in [6.07, 6.45) is 0. The smallest absolute Gasteiger partial charge is 0.270 e. The second-order valence-electron chi connectivity index (χ2n) is 4.51. The molecule has 21 heavy (non-hydrogen) atoms. The number of carbonyl (C=O) groups excluding carboxylic acids is 1. The largest absolute Gasteiger partial charge is 0.387 e. The SMILES string of the molecule is CNc1ccc([N+](=O)[O-])cc1C(=O)NCC1CSCCS1. The first-order valence-electron chi connectivity index (χ1n) is 6.55. The third kappa shape index (κ3) is 4.28. The van der Waals surface area contributed by atoms with Crippen LogP contribution in [0.4, 0.5) is 11.4 Å². The zero-order valence-corrected chi connectivity index (χ0v) is 13.3. The predicted octanol–water partition coefficient (Wildman–Crippen LogP) is 2.21. The Labute approximate surface area is 131 Å². The molecular formula is C13H17N3O3S2. The van der Waals surface area contributed by atoms with Gasteiger partial charge in [0.2, 0.25) is 0 Å². The maximum absolute atomic E-state index is 12.3. The molecule has 1 aliphatic heterocycles. The fraction of sp³-hybridized carbons (Fsp3) is 0.462. The third-order valence-electron chi connectivity index (χ3n) is 3.10. The van der Waals surface area contributed by atoms with Crippen LogP contribution in [-0.4, -0.2) is 46.9 Å². The minimum Gasteiger partial charge on any atom is -0.387 e. The molecule has 6 nitrogen and oxygen atoms in total. The molecule has 1 fully saturated rings. The number of nitrogens with one attached hydrogen (secondary N) is 2. The Morgan fingerprint density at radius 1 is 1.48 bits per heavy atom. The van der Waals surface area contributed by atoms with Crippen LogP contribution in [0.3, 0.4) is 0 Å². The van der Waals surface area contributed by atoms with Crippen LogP contribution in [0, 0.1) is 10.1 Å². The molecule has 1 aromatic rings. The molecule has 1 heterocycles. The van der Waals surface area contributed by atoms with Gasteiger partial charge in [-0.3, -0.25) is 14.9 Å². The predicted molar refractivity (Wildman–Crippen MR) is 88.5 cm³/mol. The molecular weight excluding hydrogens is 310 g/mol. The van der Waals surface area contributed by atoms with Crippen molar-refractivity contribution >= 4 is 40.8 Å². The number of anilines is 1. The van der Waals surface area contributed by atoms with Crippen molar-refractivity contribution in [1.29, 1.82) is 0 Å². The molecule has 1 aromatic carbocycles. The number of thioether (sulfide) groups is 2. The number of hydrogen-bond donors (Lipinski definition) is 2. The molecule has 1 amide bonds. The highest BCUT2D eigenvalue weighted by Crippen LogP contribution is 2.24. The molecule has 1 saturated heterocycles. The van der Waals surface area contributed by atoms with Gasteiger partial charge in [-0.05, 0) is 6.07 Å². The fourth-order valence-electron chi connectivity index (χ4n) is 2.01. The molecule has 1 aliphatic rings. The number of non-ortho nitro benzene ring substituents is 1. The molecule has 2 rings (SSSR count).